The Bertz CT molecular complexity index is 1480. The highest BCUT2D eigenvalue weighted by Crippen LogP contribution is 2.35. The highest BCUT2D eigenvalue weighted by molar-refractivity contribution is 6.05. The highest BCUT2D eigenvalue weighted by Gasteiger charge is 2.31. The molecule has 0 saturated carbocycles. The van der Waals surface area contributed by atoms with Crippen molar-refractivity contribution in [2.75, 3.05) is 74.4 Å². The molecule has 2 N–H and O–H groups in total. The van der Waals surface area contributed by atoms with Crippen LogP contribution < -0.4 is 29.9 Å². The van der Waals surface area contributed by atoms with Crippen molar-refractivity contribution >= 4 is 40.8 Å². The summed E-state index contributed by atoms with van der Waals surface area (Å²) in [5.41, 5.74) is 3.72. The lowest BCUT2D eigenvalue weighted by Crippen LogP contribution is -2.46. The lowest BCUT2D eigenvalue weighted by Gasteiger charge is -2.34. The molecule has 1 aromatic heterocycles. The number of amides is 3. The number of anilines is 5. The molecule has 3 amide bonds. The molecule has 0 atom stereocenters. The van der Waals surface area contributed by atoms with Crippen LogP contribution in [0.15, 0.2) is 55.3 Å². The Balaban J connectivity index is 1.37. The summed E-state index contributed by atoms with van der Waals surface area (Å²) >= 11 is 0. The number of likely N-dealkylation sites (N-methyl/N-ethyl adjacent to an activating group) is 1. The fraction of sp³-hybridized carbons (Fsp3) is 0.355. The molecule has 12 heteroatoms. The fourth-order valence-electron chi connectivity index (χ4n) is 5.25. The van der Waals surface area contributed by atoms with E-state index >= 15 is 0 Å². The van der Waals surface area contributed by atoms with E-state index in [0.29, 0.717) is 40.3 Å². The molecule has 1 saturated heterocycles. The molecule has 43 heavy (non-hydrogen) atoms. The largest absolute Gasteiger partial charge is 0.497 e. The van der Waals surface area contributed by atoms with E-state index in [-0.39, 0.29) is 18.5 Å². The summed E-state index contributed by atoms with van der Waals surface area (Å²) in [7, 11) is 4.81. The minimum Gasteiger partial charge on any atom is -0.497 e. The molecule has 12 nitrogen and oxygen atoms in total. The molecular formula is C31H38N8O4. The van der Waals surface area contributed by atoms with E-state index in [1.54, 1.807) is 50.6 Å². The van der Waals surface area contributed by atoms with Gasteiger partial charge in [-0.2, -0.15) is 4.98 Å². The number of piperazine rings is 1. The molecule has 1 fully saturated rings. The van der Waals surface area contributed by atoms with Crippen LogP contribution in [0, 0.1) is 0 Å². The number of methoxy groups -OCH3 is 2. The molecule has 0 unspecified atom stereocenters. The number of aromatic nitrogens is 2. The third-order valence-corrected chi connectivity index (χ3v) is 7.75. The number of benzene rings is 2. The van der Waals surface area contributed by atoms with Crippen LogP contribution in [0.25, 0.3) is 0 Å². The van der Waals surface area contributed by atoms with Crippen molar-refractivity contribution in [3.63, 3.8) is 0 Å². The second-order valence-corrected chi connectivity index (χ2v) is 10.4. The van der Waals surface area contributed by atoms with Gasteiger partial charge in [0, 0.05) is 69.7 Å². The Kier molecular flexibility index (Phi) is 9.07. The van der Waals surface area contributed by atoms with Crippen LogP contribution in [0.5, 0.6) is 11.5 Å². The molecule has 3 heterocycles. The van der Waals surface area contributed by atoms with Crippen LogP contribution >= 0.6 is 0 Å². The Hall–Kier alpha value is -4.68. The Morgan fingerprint density at radius 3 is 2.37 bits per heavy atom. The van der Waals surface area contributed by atoms with Gasteiger partial charge in [-0.25, -0.2) is 9.78 Å². The second-order valence-electron chi connectivity index (χ2n) is 10.4. The Morgan fingerprint density at radius 2 is 1.72 bits per heavy atom. The van der Waals surface area contributed by atoms with Crippen molar-refractivity contribution in [3.05, 3.63) is 66.4 Å². The SMILES string of the molecule is C=CC(=O)Nc1cc(CN2CCN(CC)CC2)ccc1Nc1ncc2c(n1)N(C)C(=O)N(c1cc(OC)cc(OC)c1)C2. The van der Waals surface area contributed by atoms with Crippen molar-refractivity contribution in [2.45, 2.75) is 20.0 Å². The van der Waals surface area contributed by atoms with Crippen LogP contribution in [0.2, 0.25) is 0 Å². The van der Waals surface area contributed by atoms with Crippen LogP contribution in [0.1, 0.15) is 18.1 Å². The maximum Gasteiger partial charge on any atom is 0.330 e. The van der Waals surface area contributed by atoms with Gasteiger partial charge in [0.1, 0.15) is 17.3 Å². The molecule has 2 aliphatic heterocycles. The standard InChI is InChI=1S/C31H38N8O4/c1-6-28(40)33-27-14-21(19-38-12-10-37(7-2)11-13-38)8-9-26(27)34-30-32-18-22-20-39(31(41)36(3)29(22)35-30)23-15-24(42-4)17-25(16-23)43-5/h6,8-9,14-18H,1,7,10-13,19-20H2,2-5H3,(H,33,40)(H,32,34,35). The number of rotatable bonds is 10. The van der Waals surface area contributed by atoms with Crippen LogP contribution in [0.3, 0.4) is 0 Å². The van der Waals surface area contributed by atoms with Gasteiger partial charge in [-0.1, -0.05) is 19.6 Å². The summed E-state index contributed by atoms with van der Waals surface area (Å²) < 4.78 is 10.8. The predicted molar refractivity (Wildman–Crippen MR) is 168 cm³/mol. The zero-order chi connectivity index (χ0) is 30.5. The minimum absolute atomic E-state index is 0.254. The molecule has 5 rings (SSSR count). The van der Waals surface area contributed by atoms with Gasteiger partial charge in [0.2, 0.25) is 11.9 Å². The van der Waals surface area contributed by atoms with Gasteiger partial charge < -0.3 is 25.0 Å². The number of ether oxygens (including phenoxy) is 2. The van der Waals surface area contributed by atoms with Gasteiger partial charge in [-0.3, -0.25) is 19.5 Å². The molecule has 226 valence electrons. The number of hydrogen-bond acceptors (Lipinski definition) is 9. The highest BCUT2D eigenvalue weighted by atomic mass is 16.5. The zero-order valence-electron chi connectivity index (χ0n) is 25.1. The minimum atomic E-state index is -0.317. The number of nitrogens with zero attached hydrogens (tertiary/aromatic N) is 6. The van der Waals surface area contributed by atoms with E-state index < -0.39 is 0 Å². The van der Waals surface area contributed by atoms with E-state index in [1.165, 1.54) is 11.0 Å². The van der Waals surface area contributed by atoms with E-state index in [9.17, 15) is 9.59 Å². The quantitative estimate of drug-likeness (QED) is 0.339. The van der Waals surface area contributed by atoms with E-state index in [1.807, 2.05) is 18.2 Å². The molecule has 0 aliphatic carbocycles. The normalized spacial score (nSPS) is 15.6. The van der Waals surface area contributed by atoms with E-state index in [2.05, 4.69) is 43.9 Å². The van der Waals surface area contributed by atoms with Crippen LogP contribution in [-0.4, -0.2) is 85.7 Å². The summed E-state index contributed by atoms with van der Waals surface area (Å²) in [6.07, 6.45) is 2.93. The average molecular weight is 587 g/mol. The average Bonchev–Trinajstić information content (AvgIpc) is 3.04. The van der Waals surface area contributed by atoms with Gasteiger partial charge in [0.25, 0.3) is 0 Å². The van der Waals surface area contributed by atoms with E-state index in [0.717, 1.165) is 50.4 Å². The van der Waals surface area contributed by atoms with Crippen LogP contribution in [0.4, 0.5) is 33.6 Å². The molecule has 0 radical (unpaired) electrons. The van der Waals surface area contributed by atoms with Gasteiger partial charge in [-0.15, -0.1) is 0 Å². The molecule has 2 aromatic carbocycles. The van der Waals surface area contributed by atoms with Gasteiger partial charge in [-0.05, 0) is 30.3 Å². The number of nitrogens with one attached hydrogen (secondary N) is 2. The number of carbonyl (C=O) groups excluding carboxylic acids is 2. The molecule has 0 spiro atoms. The molecule has 2 aliphatic rings. The second kappa shape index (κ2) is 13.1. The first-order valence-electron chi connectivity index (χ1n) is 14.2. The Labute approximate surface area is 251 Å². The first kappa shape index (κ1) is 29.8. The molecule has 3 aromatic rings. The topological polar surface area (TPSA) is 115 Å². The lowest BCUT2D eigenvalue weighted by atomic mass is 10.1. The first-order valence-corrected chi connectivity index (χ1v) is 14.2. The van der Waals surface area contributed by atoms with Crippen molar-refractivity contribution in [1.29, 1.82) is 0 Å². The first-order chi connectivity index (χ1) is 20.8. The predicted octanol–water partition coefficient (Wildman–Crippen LogP) is 4.08. The summed E-state index contributed by atoms with van der Waals surface area (Å²) in [6, 6.07) is 11.0. The fourth-order valence-corrected chi connectivity index (χ4v) is 5.25. The number of fused-ring (bicyclic) bond motifs is 1. The maximum atomic E-state index is 13.4. The third kappa shape index (κ3) is 6.71. The van der Waals surface area contributed by atoms with Crippen LogP contribution in [-0.2, 0) is 17.9 Å². The van der Waals surface area contributed by atoms with Crippen molar-refractivity contribution in [3.8, 4) is 11.5 Å². The smallest absolute Gasteiger partial charge is 0.330 e. The molecular weight excluding hydrogens is 548 g/mol. The zero-order valence-corrected chi connectivity index (χ0v) is 25.1. The number of urea groups is 1. The van der Waals surface area contributed by atoms with Crippen molar-refractivity contribution < 1.29 is 19.1 Å². The monoisotopic (exact) mass is 586 g/mol. The van der Waals surface area contributed by atoms with Crippen molar-refractivity contribution in [1.82, 2.24) is 19.8 Å². The van der Waals surface area contributed by atoms with E-state index in [4.69, 9.17) is 9.47 Å². The molecule has 0 bridgehead atoms. The summed E-state index contributed by atoms with van der Waals surface area (Å²) in [5, 5.41) is 6.13. The third-order valence-electron chi connectivity index (χ3n) is 7.75. The van der Waals surface area contributed by atoms with Crippen molar-refractivity contribution in [2.24, 2.45) is 0 Å². The van der Waals surface area contributed by atoms with Gasteiger partial charge in [0.15, 0.2) is 0 Å². The summed E-state index contributed by atoms with van der Waals surface area (Å²) in [5.74, 6) is 1.63. The maximum absolute atomic E-state index is 13.4. The Morgan fingerprint density at radius 1 is 1.02 bits per heavy atom. The summed E-state index contributed by atoms with van der Waals surface area (Å²) in [4.78, 5) is 42.9. The lowest BCUT2D eigenvalue weighted by molar-refractivity contribution is -0.111. The number of hydrogen-bond donors (Lipinski definition) is 2. The summed E-state index contributed by atoms with van der Waals surface area (Å²) in [6.45, 7) is 12.0. The van der Waals surface area contributed by atoms with Gasteiger partial charge >= 0.3 is 6.03 Å². The number of carbonyl (C=O) groups is 2. The van der Waals surface area contributed by atoms with Gasteiger partial charge in [0.05, 0.1) is 37.8 Å².